The number of nitrogens with zero attached hydrogens (tertiary/aromatic N) is 3. The molecule has 0 N–H and O–H groups in total. The average molecular weight is 516 g/mol. The van der Waals surface area contributed by atoms with Gasteiger partial charge in [0.15, 0.2) is 0 Å². The SMILES string of the molecule is c1ccc(-c2nc3ccc(-c4cccc(-c5nc6ccccc6c6nc7cccccc-7c56)c4)cc3s2)cc1. The van der Waals surface area contributed by atoms with Crippen molar-refractivity contribution in [1.29, 1.82) is 0 Å². The average Bonchev–Trinajstić information content (AvgIpc) is 3.51. The molecule has 3 heterocycles. The van der Waals surface area contributed by atoms with E-state index in [1.165, 1.54) is 10.3 Å². The lowest BCUT2D eigenvalue weighted by Crippen LogP contribution is -1.89. The second-order valence-corrected chi connectivity index (χ2v) is 10.7. The fraction of sp³-hybridized carbons (Fsp3) is 0. The van der Waals surface area contributed by atoms with Crippen LogP contribution in [0.5, 0.6) is 0 Å². The van der Waals surface area contributed by atoms with Crippen LogP contribution >= 0.6 is 11.3 Å². The largest absolute Gasteiger partial charge is 0.247 e. The molecule has 2 aliphatic rings. The van der Waals surface area contributed by atoms with Crippen LogP contribution in [0.1, 0.15) is 0 Å². The van der Waals surface area contributed by atoms with Crippen molar-refractivity contribution in [2.75, 3.05) is 0 Å². The molecule has 1 aliphatic heterocycles. The zero-order valence-electron chi connectivity index (χ0n) is 20.9. The third kappa shape index (κ3) is 3.69. The normalized spacial score (nSPS) is 11.6. The van der Waals surface area contributed by atoms with E-state index in [4.69, 9.17) is 15.0 Å². The Morgan fingerprint density at radius 3 is 2.15 bits per heavy atom. The third-order valence-corrected chi connectivity index (χ3v) is 8.33. The van der Waals surface area contributed by atoms with E-state index in [9.17, 15) is 0 Å². The van der Waals surface area contributed by atoms with Crippen LogP contribution < -0.4 is 0 Å². The Morgan fingerprint density at radius 1 is 0.487 bits per heavy atom. The summed E-state index contributed by atoms with van der Waals surface area (Å²) in [6, 6.07) is 44.3. The van der Waals surface area contributed by atoms with Gasteiger partial charge in [0, 0.05) is 27.5 Å². The molecule has 0 fully saturated rings. The predicted octanol–water partition coefficient (Wildman–Crippen LogP) is 9.50. The molecule has 0 saturated heterocycles. The van der Waals surface area contributed by atoms with Crippen molar-refractivity contribution in [1.82, 2.24) is 15.0 Å². The summed E-state index contributed by atoms with van der Waals surface area (Å²) in [6.07, 6.45) is 0. The molecule has 0 radical (unpaired) electrons. The van der Waals surface area contributed by atoms with Crippen LogP contribution in [0, 0.1) is 0 Å². The minimum atomic E-state index is 0.956. The van der Waals surface area contributed by atoms with Gasteiger partial charge in [-0.05, 0) is 41.5 Å². The Labute approximate surface area is 229 Å². The van der Waals surface area contributed by atoms with E-state index in [1.807, 2.05) is 24.3 Å². The summed E-state index contributed by atoms with van der Waals surface area (Å²) < 4.78 is 1.18. The zero-order chi connectivity index (χ0) is 25.8. The van der Waals surface area contributed by atoms with E-state index >= 15 is 0 Å². The summed E-state index contributed by atoms with van der Waals surface area (Å²) in [6.45, 7) is 0. The molecular weight excluding hydrogens is 494 g/mol. The molecule has 1 aliphatic carbocycles. The molecular formula is C35H21N3S. The van der Waals surface area contributed by atoms with Gasteiger partial charge in [0.05, 0.1) is 32.6 Å². The number of rotatable bonds is 3. The van der Waals surface area contributed by atoms with Crippen molar-refractivity contribution in [3.8, 4) is 44.2 Å². The van der Waals surface area contributed by atoms with Gasteiger partial charge in [0.2, 0.25) is 0 Å². The number of para-hydroxylation sites is 1. The Bertz CT molecular complexity index is 2130. The number of aromatic nitrogens is 3. The summed E-state index contributed by atoms with van der Waals surface area (Å²) >= 11 is 1.73. The van der Waals surface area contributed by atoms with Gasteiger partial charge in [0.1, 0.15) is 5.01 Å². The second-order valence-electron chi connectivity index (χ2n) is 9.67. The van der Waals surface area contributed by atoms with E-state index < -0.39 is 0 Å². The molecule has 39 heavy (non-hydrogen) atoms. The number of pyridine rings is 1. The van der Waals surface area contributed by atoms with Crippen LogP contribution in [0.25, 0.3) is 76.2 Å². The highest BCUT2D eigenvalue weighted by atomic mass is 32.1. The van der Waals surface area contributed by atoms with Gasteiger partial charge >= 0.3 is 0 Å². The first-order valence-corrected chi connectivity index (χ1v) is 13.8. The lowest BCUT2D eigenvalue weighted by Gasteiger charge is -2.09. The van der Waals surface area contributed by atoms with Crippen molar-refractivity contribution in [3.63, 3.8) is 0 Å². The number of fused-ring (bicyclic) bond motifs is 6. The Kier molecular flexibility index (Phi) is 5.00. The van der Waals surface area contributed by atoms with Crippen LogP contribution in [0.15, 0.2) is 127 Å². The van der Waals surface area contributed by atoms with Gasteiger partial charge in [-0.3, -0.25) is 0 Å². The summed E-state index contributed by atoms with van der Waals surface area (Å²) in [7, 11) is 0. The van der Waals surface area contributed by atoms with Gasteiger partial charge in [-0.15, -0.1) is 11.3 Å². The first-order valence-electron chi connectivity index (χ1n) is 13.0. The maximum atomic E-state index is 5.19. The maximum Gasteiger partial charge on any atom is 0.124 e. The molecule has 6 aromatic rings. The highest BCUT2D eigenvalue weighted by molar-refractivity contribution is 7.21. The third-order valence-electron chi connectivity index (χ3n) is 7.26. The van der Waals surface area contributed by atoms with Crippen molar-refractivity contribution in [2.45, 2.75) is 0 Å². The number of thiazole rings is 1. The minimum Gasteiger partial charge on any atom is -0.247 e. The van der Waals surface area contributed by atoms with E-state index in [1.54, 1.807) is 11.3 Å². The second kappa shape index (κ2) is 8.83. The van der Waals surface area contributed by atoms with E-state index in [-0.39, 0.29) is 0 Å². The summed E-state index contributed by atoms with van der Waals surface area (Å²) in [5.41, 5.74) is 10.6. The fourth-order valence-corrected chi connectivity index (χ4v) is 6.41. The summed E-state index contributed by atoms with van der Waals surface area (Å²) in [5, 5.41) is 3.22. The van der Waals surface area contributed by atoms with Crippen LogP contribution in [-0.4, -0.2) is 15.0 Å². The lowest BCUT2D eigenvalue weighted by atomic mass is 9.97. The van der Waals surface area contributed by atoms with Crippen LogP contribution in [0.2, 0.25) is 0 Å². The highest BCUT2D eigenvalue weighted by Gasteiger charge is 2.19. The number of hydrogen-bond acceptors (Lipinski definition) is 4. The zero-order valence-corrected chi connectivity index (χ0v) is 21.7. The first-order chi connectivity index (χ1) is 19.3. The number of benzene rings is 4. The smallest absolute Gasteiger partial charge is 0.124 e. The number of hydrogen-bond donors (Lipinski definition) is 0. The minimum absolute atomic E-state index is 0.956. The van der Waals surface area contributed by atoms with Gasteiger partial charge in [-0.1, -0.05) is 97.1 Å². The Morgan fingerprint density at radius 2 is 1.23 bits per heavy atom. The molecule has 4 aromatic carbocycles. The van der Waals surface area contributed by atoms with Gasteiger partial charge in [0.25, 0.3) is 0 Å². The predicted molar refractivity (Wildman–Crippen MR) is 163 cm³/mol. The molecule has 0 saturated carbocycles. The fourth-order valence-electron chi connectivity index (χ4n) is 5.40. The van der Waals surface area contributed by atoms with Crippen molar-refractivity contribution in [3.05, 3.63) is 127 Å². The topological polar surface area (TPSA) is 38.7 Å². The van der Waals surface area contributed by atoms with Crippen LogP contribution in [0.4, 0.5) is 0 Å². The van der Waals surface area contributed by atoms with Crippen LogP contribution in [-0.2, 0) is 0 Å². The quantitative estimate of drug-likeness (QED) is 0.235. The molecule has 0 unspecified atom stereocenters. The molecule has 2 aromatic heterocycles. The molecule has 0 bridgehead atoms. The molecule has 4 heteroatoms. The van der Waals surface area contributed by atoms with Gasteiger partial charge < -0.3 is 0 Å². The Balaban J connectivity index is 1.30. The van der Waals surface area contributed by atoms with E-state index in [0.29, 0.717) is 0 Å². The molecule has 182 valence electrons. The molecule has 8 rings (SSSR count). The molecule has 0 spiro atoms. The van der Waals surface area contributed by atoms with Crippen LogP contribution in [0.3, 0.4) is 0 Å². The van der Waals surface area contributed by atoms with E-state index in [0.717, 1.165) is 66.0 Å². The van der Waals surface area contributed by atoms with Gasteiger partial charge in [-0.25, -0.2) is 15.0 Å². The maximum absolute atomic E-state index is 5.19. The molecule has 0 atom stereocenters. The first kappa shape index (κ1) is 22.1. The summed E-state index contributed by atoms with van der Waals surface area (Å²) in [5.74, 6) is 0. The highest BCUT2D eigenvalue weighted by Crippen LogP contribution is 2.41. The van der Waals surface area contributed by atoms with Crippen molar-refractivity contribution < 1.29 is 0 Å². The standard InChI is InChI=1S/C35H21N3S/c1-3-10-22(11-4-1)35-38-30-19-18-24(21-31(30)39-35)23-12-9-13-25(20-23)33-32-26-14-5-2-6-16-28(26)37-34(32)27-15-7-8-17-29(27)36-33/h1-21H. The van der Waals surface area contributed by atoms with Crippen molar-refractivity contribution in [2.24, 2.45) is 0 Å². The summed E-state index contributed by atoms with van der Waals surface area (Å²) in [4.78, 5) is 15.1. The Hall–Kier alpha value is -4.93. The lowest BCUT2D eigenvalue weighted by molar-refractivity contribution is 1.42. The van der Waals surface area contributed by atoms with E-state index in [2.05, 4.69) is 103 Å². The monoisotopic (exact) mass is 515 g/mol. The molecule has 3 nitrogen and oxygen atoms in total. The van der Waals surface area contributed by atoms with Gasteiger partial charge in [-0.2, -0.15) is 0 Å². The molecule has 0 amide bonds. The van der Waals surface area contributed by atoms with Crippen molar-refractivity contribution >= 4 is 43.4 Å².